The molecule has 1 aromatic rings. The SMILES string of the molecule is Cc1cc([N+](=O)[O-])ccc1NC(=O)C1(C)CCCN1. The van der Waals surface area contributed by atoms with E-state index in [1.807, 2.05) is 6.92 Å². The Hall–Kier alpha value is -1.95. The van der Waals surface area contributed by atoms with Gasteiger partial charge < -0.3 is 10.6 Å². The monoisotopic (exact) mass is 263 g/mol. The summed E-state index contributed by atoms with van der Waals surface area (Å²) in [6, 6.07) is 4.43. The summed E-state index contributed by atoms with van der Waals surface area (Å²) in [6.07, 6.45) is 1.77. The number of hydrogen-bond acceptors (Lipinski definition) is 4. The fourth-order valence-electron chi connectivity index (χ4n) is 2.25. The molecular weight excluding hydrogens is 246 g/mol. The molecule has 6 heteroatoms. The molecule has 102 valence electrons. The fourth-order valence-corrected chi connectivity index (χ4v) is 2.25. The molecule has 6 nitrogen and oxygen atoms in total. The average molecular weight is 263 g/mol. The first-order valence-electron chi connectivity index (χ1n) is 6.24. The third kappa shape index (κ3) is 2.73. The molecule has 1 unspecified atom stereocenters. The minimum Gasteiger partial charge on any atom is -0.324 e. The Kier molecular flexibility index (Phi) is 3.53. The highest BCUT2D eigenvalue weighted by Crippen LogP contribution is 2.24. The van der Waals surface area contributed by atoms with E-state index in [4.69, 9.17) is 0 Å². The molecule has 1 aliphatic heterocycles. The van der Waals surface area contributed by atoms with Crippen LogP contribution in [0.5, 0.6) is 0 Å². The van der Waals surface area contributed by atoms with Gasteiger partial charge in [0.15, 0.2) is 0 Å². The van der Waals surface area contributed by atoms with Crippen LogP contribution in [0.2, 0.25) is 0 Å². The predicted molar refractivity (Wildman–Crippen MR) is 72.1 cm³/mol. The van der Waals surface area contributed by atoms with Crippen LogP contribution in [0.1, 0.15) is 25.3 Å². The van der Waals surface area contributed by atoms with Crippen molar-refractivity contribution in [3.05, 3.63) is 33.9 Å². The van der Waals surface area contributed by atoms with Crippen LogP contribution in [-0.2, 0) is 4.79 Å². The second-order valence-corrected chi connectivity index (χ2v) is 5.07. The molecule has 0 aromatic heterocycles. The number of nitro benzene ring substituents is 1. The lowest BCUT2D eigenvalue weighted by molar-refractivity contribution is -0.384. The third-order valence-electron chi connectivity index (χ3n) is 3.54. The van der Waals surface area contributed by atoms with Gasteiger partial charge >= 0.3 is 0 Å². The van der Waals surface area contributed by atoms with Crippen LogP contribution in [0.3, 0.4) is 0 Å². The molecule has 0 radical (unpaired) electrons. The summed E-state index contributed by atoms with van der Waals surface area (Å²) in [5.74, 6) is -0.0954. The molecule has 1 atom stereocenters. The van der Waals surface area contributed by atoms with Crippen molar-refractivity contribution in [1.82, 2.24) is 5.32 Å². The maximum Gasteiger partial charge on any atom is 0.269 e. The zero-order chi connectivity index (χ0) is 14.0. The van der Waals surface area contributed by atoms with Crippen molar-refractivity contribution in [2.45, 2.75) is 32.2 Å². The van der Waals surface area contributed by atoms with Gasteiger partial charge in [-0.05, 0) is 44.9 Å². The molecule has 0 aliphatic carbocycles. The van der Waals surface area contributed by atoms with E-state index in [0.717, 1.165) is 19.4 Å². The van der Waals surface area contributed by atoms with Crippen LogP contribution in [-0.4, -0.2) is 22.9 Å². The maximum atomic E-state index is 12.2. The Bertz CT molecular complexity index is 522. The molecule has 0 saturated carbocycles. The lowest BCUT2D eigenvalue weighted by Gasteiger charge is -2.23. The highest BCUT2D eigenvalue weighted by molar-refractivity contribution is 5.98. The van der Waals surface area contributed by atoms with Gasteiger partial charge in [0.05, 0.1) is 10.5 Å². The van der Waals surface area contributed by atoms with Gasteiger partial charge in [-0.2, -0.15) is 0 Å². The Balaban J connectivity index is 2.15. The van der Waals surface area contributed by atoms with Gasteiger partial charge in [-0.15, -0.1) is 0 Å². The van der Waals surface area contributed by atoms with Gasteiger partial charge in [-0.25, -0.2) is 0 Å². The molecule has 1 fully saturated rings. The summed E-state index contributed by atoms with van der Waals surface area (Å²) < 4.78 is 0. The van der Waals surface area contributed by atoms with Crippen LogP contribution in [0.15, 0.2) is 18.2 Å². The number of anilines is 1. The van der Waals surface area contributed by atoms with Crippen molar-refractivity contribution in [2.75, 3.05) is 11.9 Å². The number of amides is 1. The van der Waals surface area contributed by atoms with Gasteiger partial charge in [0, 0.05) is 17.8 Å². The number of aryl methyl sites for hydroxylation is 1. The number of hydrogen-bond donors (Lipinski definition) is 2. The van der Waals surface area contributed by atoms with E-state index >= 15 is 0 Å². The van der Waals surface area contributed by atoms with E-state index in [-0.39, 0.29) is 11.6 Å². The van der Waals surface area contributed by atoms with Gasteiger partial charge in [-0.3, -0.25) is 14.9 Å². The van der Waals surface area contributed by atoms with Crippen LogP contribution in [0.4, 0.5) is 11.4 Å². The lowest BCUT2D eigenvalue weighted by Crippen LogP contribution is -2.48. The van der Waals surface area contributed by atoms with Crippen molar-refractivity contribution < 1.29 is 9.72 Å². The fraction of sp³-hybridized carbons (Fsp3) is 0.462. The molecule has 2 rings (SSSR count). The molecule has 0 bridgehead atoms. The van der Waals surface area contributed by atoms with Crippen LogP contribution < -0.4 is 10.6 Å². The Morgan fingerprint density at radius 3 is 2.79 bits per heavy atom. The zero-order valence-corrected chi connectivity index (χ0v) is 11.0. The van der Waals surface area contributed by atoms with E-state index in [1.54, 1.807) is 13.0 Å². The molecule has 1 saturated heterocycles. The normalized spacial score (nSPS) is 22.2. The first-order chi connectivity index (χ1) is 8.92. The quantitative estimate of drug-likeness (QED) is 0.645. The minimum absolute atomic E-state index is 0.0284. The highest BCUT2D eigenvalue weighted by Gasteiger charge is 2.36. The molecule has 1 aromatic carbocycles. The van der Waals surface area contributed by atoms with E-state index < -0.39 is 10.5 Å². The van der Waals surface area contributed by atoms with Crippen LogP contribution in [0, 0.1) is 17.0 Å². The van der Waals surface area contributed by atoms with E-state index in [9.17, 15) is 14.9 Å². The number of carbonyl (C=O) groups is 1. The Morgan fingerprint density at radius 1 is 1.53 bits per heavy atom. The Morgan fingerprint density at radius 2 is 2.26 bits per heavy atom. The van der Waals surface area contributed by atoms with Crippen LogP contribution in [0.25, 0.3) is 0 Å². The van der Waals surface area contributed by atoms with Crippen molar-refractivity contribution in [2.24, 2.45) is 0 Å². The molecule has 19 heavy (non-hydrogen) atoms. The van der Waals surface area contributed by atoms with E-state index in [2.05, 4.69) is 10.6 Å². The summed E-state index contributed by atoms with van der Waals surface area (Å²) in [5, 5.41) is 16.7. The van der Waals surface area contributed by atoms with Gasteiger partial charge in [0.2, 0.25) is 5.91 Å². The van der Waals surface area contributed by atoms with Crippen molar-refractivity contribution >= 4 is 17.3 Å². The third-order valence-corrected chi connectivity index (χ3v) is 3.54. The van der Waals surface area contributed by atoms with Gasteiger partial charge in [-0.1, -0.05) is 0 Å². The number of benzene rings is 1. The molecular formula is C13H17N3O3. The number of nitro groups is 1. The molecule has 2 N–H and O–H groups in total. The zero-order valence-electron chi connectivity index (χ0n) is 11.0. The first kappa shape index (κ1) is 13.5. The topological polar surface area (TPSA) is 84.3 Å². The number of nitrogens with one attached hydrogen (secondary N) is 2. The maximum absolute atomic E-state index is 12.2. The number of rotatable bonds is 3. The summed E-state index contributed by atoms with van der Waals surface area (Å²) in [7, 11) is 0. The molecule has 1 aliphatic rings. The minimum atomic E-state index is -0.547. The Labute approximate surface area is 111 Å². The summed E-state index contributed by atoms with van der Waals surface area (Å²) >= 11 is 0. The standard InChI is InChI=1S/C13H17N3O3/c1-9-8-10(16(18)19)4-5-11(9)15-12(17)13(2)6-3-7-14-13/h4-5,8,14H,3,6-7H2,1-2H3,(H,15,17). The second-order valence-electron chi connectivity index (χ2n) is 5.07. The largest absolute Gasteiger partial charge is 0.324 e. The summed E-state index contributed by atoms with van der Waals surface area (Å²) in [4.78, 5) is 22.4. The summed E-state index contributed by atoms with van der Waals surface area (Å²) in [5.41, 5.74) is 0.782. The van der Waals surface area contributed by atoms with Crippen LogP contribution >= 0.6 is 0 Å². The van der Waals surface area contributed by atoms with Crippen molar-refractivity contribution in [3.63, 3.8) is 0 Å². The van der Waals surface area contributed by atoms with Gasteiger partial charge in [0.1, 0.15) is 0 Å². The number of non-ortho nitro benzene ring substituents is 1. The lowest BCUT2D eigenvalue weighted by atomic mass is 9.99. The molecule has 1 heterocycles. The first-order valence-corrected chi connectivity index (χ1v) is 6.24. The summed E-state index contributed by atoms with van der Waals surface area (Å²) in [6.45, 7) is 4.45. The van der Waals surface area contributed by atoms with Crippen molar-refractivity contribution in [1.29, 1.82) is 0 Å². The van der Waals surface area contributed by atoms with Crippen molar-refractivity contribution in [3.8, 4) is 0 Å². The van der Waals surface area contributed by atoms with E-state index in [1.165, 1.54) is 12.1 Å². The predicted octanol–water partition coefficient (Wildman–Crippen LogP) is 1.98. The smallest absolute Gasteiger partial charge is 0.269 e. The van der Waals surface area contributed by atoms with Gasteiger partial charge in [0.25, 0.3) is 5.69 Å². The highest BCUT2D eigenvalue weighted by atomic mass is 16.6. The molecule has 1 amide bonds. The number of carbonyl (C=O) groups excluding carboxylic acids is 1. The average Bonchev–Trinajstić information content (AvgIpc) is 2.80. The molecule has 0 spiro atoms. The second kappa shape index (κ2) is 4.97. The van der Waals surface area contributed by atoms with E-state index in [0.29, 0.717) is 11.3 Å². The number of nitrogens with zero attached hydrogens (tertiary/aromatic N) is 1.